The van der Waals surface area contributed by atoms with Crippen molar-refractivity contribution >= 4 is 89.9 Å². The second kappa shape index (κ2) is 11.4. The summed E-state index contributed by atoms with van der Waals surface area (Å²) in [5.74, 6) is -2.18. The Kier molecular flexibility index (Phi) is 7.40. The van der Waals surface area contributed by atoms with Crippen LogP contribution in [0.4, 0.5) is 0 Å². The number of nitrogens with zero attached hydrogens (tertiary/aromatic N) is 2. The molecule has 2 unspecified atom stereocenters. The average Bonchev–Trinajstić information content (AvgIpc) is 3.23. The number of allylic oxidation sites excluding steroid dienone is 2. The van der Waals surface area contributed by atoms with Crippen LogP contribution in [0.5, 0.6) is 34.5 Å². The lowest BCUT2D eigenvalue weighted by Gasteiger charge is -2.28. The van der Waals surface area contributed by atoms with Gasteiger partial charge in [-0.15, -0.1) is 23.5 Å². The highest BCUT2D eigenvalue weighted by Crippen LogP contribution is 2.60. The van der Waals surface area contributed by atoms with Crippen LogP contribution in [-0.2, 0) is 26.6 Å². The molecule has 13 nitrogen and oxygen atoms in total. The largest absolute Gasteiger partial charge is 0.504 e. The summed E-state index contributed by atoms with van der Waals surface area (Å²) in [6, 6.07) is -1.13. The molecule has 5 aromatic rings. The average molecular weight is 731 g/mol. The minimum Gasteiger partial charge on any atom is -0.504 e. The van der Waals surface area contributed by atoms with E-state index in [0.29, 0.717) is 71.0 Å². The lowest BCUT2D eigenvalue weighted by atomic mass is 9.82. The second-order valence-corrected chi connectivity index (χ2v) is 14.6. The van der Waals surface area contributed by atoms with Gasteiger partial charge in [-0.2, -0.15) is 0 Å². The summed E-state index contributed by atoms with van der Waals surface area (Å²) in [6.45, 7) is 3.20. The van der Waals surface area contributed by atoms with E-state index in [1.165, 1.54) is 47.1 Å². The maximum Gasteiger partial charge on any atom is 0.338 e. The number of rotatable bonds is 7. The molecule has 4 N–H and O–H groups in total. The number of phenols is 2. The van der Waals surface area contributed by atoms with Crippen molar-refractivity contribution in [3.63, 3.8) is 0 Å². The third-order valence-corrected chi connectivity index (χ3v) is 12.2. The molecule has 0 bridgehead atoms. The normalized spacial score (nSPS) is 18.0. The Morgan fingerprint density at radius 2 is 1.31 bits per heavy atom. The summed E-state index contributed by atoms with van der Waals surface area (Å²) < 4.78 is 24.2. The first-order valence-corrected chi connectivity index (χ1v) is 17.8. The number of carbonyl (C=O) groups excluding carboxylic acids is 1. The van der Waals surface area contributed by atoms with Gasteiger partial charge in [0.1, 0.15) is 11.5 Å². The molecule has 262 valence electrons. The van der Waals surface area contributed by atoms with Crippen LogP contribution in [0.1, 0.15) is 30.5 Å². The Morgan fingerprint density at radius 3 is 1.92 bits per heavy atom. The van der Waals surface area contributed by atoms with Crippen LogP contribution in [0, 0.1) is 0 Å². The quantitative estimate of drug-likeness (QED) is 0.135. The highest BCUT2D eigenvalue weighted by Gasteiger charge is 2.39. The van der Waals surface area contributed by atoms with Gasteiger partial charge in [-0.3, -0.25) is 14.8 Å². The van der Waals surface area contributed by atoms with Gasteiger partial charge in [0.15, 0.2) is 40.2 Å². The molecule has 0 aromatic heterocycles. The fourth-order valence-corrected chi connectivity index (χ4v) is 10.2. The summed E-state index contributed by atoms with van der Waals surface area (Å²) in [6.07, 6.45) is 0.138. The van der Waals surface area contributed by atoms with E-state index in [1.54, 1.807) is 6.92 Å². The number of hydrogen-bond acceptors (Lipinski definition) is 13. The zero-order valence-corrected chi connectivity index (χ0v) is 29.8. The van der Waals surface area contributed by atoms with Gasteiger partial charge < -0.3 is 39.4 Å². The number of ether oxygens (including phenoxy) is 4. The molecule has 15 heteroatoms. The van der Waals surface area contributed by atoms with Crippen LogP contribution >= 0.6 is 23.5 Å². The number of thioether (sulfide) groups is 2. The molecule has 5 aromatic carbocycles. The lowest BCUT2D eigenvalue weighted by molar-refractivity contribution is -0.138. The number of ketones is 1. The van der Waals surface area contributed by atoms with Gasteiger partial charge in [0.2, 0.25) is 0 Å². The molecule has 0 saturated heterocycles. The molecule has 3 aliphatic rings. The number of carboxylic acids is 2. The minimum atomic E-state index is -1.17. The number of hydrogen-bond donors (Lipinski definition) is 4. The number of methoxy groups -OCH3 is 4. The third-order valence-electron chi connectivity index (χ3n) is 9.95. The Hall–Kier alpha value is -5.15. The van der Waals surface area contributed by atoms with Crippen molar-refractivity contribution in [2.75, 3.05) is 34.2 Å². The molecule has 2 heterocycles. The zero-order valence-electron chi connectivity index (χ0n) is 28.1. The molecule has 0 saturated carbocycles. The first-order chi connectivity index (χ1) is 24.4. The zero-order chi connectivity index (χ0) is 36.4. The van der Waals surface area contributed by atoms with Crippen LogP contribution in [0.25, 0.3) is 48.7 Å². The molecule has 0 spiro atoms. The van der Waals surface area contributed by atoms with E-state index >= 15 is 0 Å². The van der Waals surface area contributed by atoms with E-state index in [4.69, 9.17) is 18.9 Å². The summed E-state index contributed by atoms with van der Waals surface area (Å²) in [7, 11) is 5.75. The van der Waals surface area contributed by atoms with E-state index in [-0.39, 0.29) is 73.8 Å². The van der Waals surface area contributed by atoms with E-state index in [1.807, 2.05) is 0 Å². The Bertz CT molecular complexity index is 2650. The molecule has 0 radical (unpaired) electrons. The number of aromatic hydroxyl groups is 2. The van der Waals surface area contributed by atoms with Gasteiger partial charge in [-0.05, 0) is 25.7 Å². The van der Waals surface area contributed by atoms with E-state index in [9.17, 15) is 34.8 Å². The van der Waals surface area contributed by atoms with Crippen LogP contribution in [0.15, 0.2) is 20.5 Å². The topological polar surface area (TPSA) is 194 Å². The number of aliphatic carboxylic acids is 2. The van der Waals surface area contributed by atoms with Gasteiger partial charge >= 0.3 is 11.9 Å². The summed E-state index contributed by atoms with van der Waals surface area (Å²) in [4.78, 5) is 48.0. The predicted octanol–water partition coefficient (Wildman–Crippen LogP) is 4.56. The Balaban J connectivity index is 1.86. The van der Waals surface area contributed by atoms with Crippen molar-refractivity contribution in [3.05, 3.63) is 33.0 Å². The fraction of sp³-hybridized carbons (Fsp3) is 0.306. The number of carbonyl (C=O) groups is 3. The summed E-state index contributed by atoms with van der Waals surface area (Å²) in [5, 5.41) is 47.0. The molecule has 2 atom stereocenters. The second-order valence-electron chi connectivity index (χ2n) is 12.5. The fourth-order valence-electron chi connectivity index (χ4n) is 8.16. The van der Waals surface area contributed by atoms with Gasteiger partial charge in [0, 0.05) is 60.7 Å². The van der Waals surface area contributed by atoms with Crippen molar-refractivity contribution in [1.82, 2.24) is 0 Å². The molecule has 0 amide bonds. The first-order valence-electron chi connectivity index (χ1n) is 15.7. The van der Waals surface area contributed by atoms with Crippen LogP contribution in [-0.4, -0.2) is 83.8 Å². The number of phenolic OH excluding ortho intramolecular Hbond substituents is 2. The summed E-state index contributed by atoms with van der Waals surface area (Å²) >= 11 is 2.31. The number of carboxylic acid groups (broad SMARTS) is 2. The molecule has 8 rings (SSSR count). The van der Waals surface area contributed by atoms with E-state index in [0.717, 1.165) is 11.8 Å². The molecular weight excluding hydrogens is 701 g/mol. The highest BCUT2D eigenvalue weighted by atomic mass is 32.2. The molecule has 0 fully saturated rings. The molecule has 1 aliphatic carbocycles. The van der Waals surface area contributed by atoms with Crippen LogP contribution in [0.3, 0.4) is 0 Å². The van der Waals surface area contributed by atoms with E-state index < -0.39 is 23.4 Å². The van der Waals surface area contributed by atoms with Crippen molar-refractivity contribution in [1.29, 1.82) is 0 Å². The smallest absolute Gasteiger partial charge is 0.338 e. The Labute approximate surface area is 296 Å². The molecule has 51 heavy (non-hydrogen) atoms. The van der Waals surface area contributed by atoms with Crippen molar-refractivity contribution in [2.45, 2.75) is 42.3 Å². The lowest BCUT2D eigenvalue weighted by Crippen LogP contribution is -2.29. The van der Waals surface area contributed by atoms with Gasteiger partial charge in [-0.1, -0.05) is 5.57 Å². The Morgan fingerprint density at radius 1 is 0.706 bits per heavy atom. The van der Waals surface area contributed by atoms with Crippen molar-refractivity contribution in [2.24, 2.45) is 9.98 Å². The van der Waals surface area contributed by atoms with Gasteiger partial charge in [0.05, 0.1) is 54.8 Å². The third kappa shape index (κ3) is 4.15. The van der Waals surface area contributed by atoms with Gasteiger partial charge in [0.25, 0.3) is 0 Å². The SMILES string of the molecule is COc1c(O)c2c3c(c(OC)c4c5c(OC)c6c(c7c(O)c(OC)c8c(c(c1CC(C)=C8C(C)=O)c24)c75)=NC(C(=O)O)CS6)CSC(C(=O)O)N=3. The van der Waals surface area contributed by atoms with Crippen LogP contribution < -0.4 is 29.7 Å². The maximum atomic E-state index is 13.7. The van der Waals surface area contributed by atoms with Crippen molar-refractivity contribution in [3.8, 4) is 34.5 Å². The first kappa shape index (κ1) is 33.0. The highest BCUT2D eigenvalue weighted by molar-refractivity contribution is 8.00. The molecular formula is C36H30N2O11S2. The predicted molar refractivity (Wildman–Crippen MR) is 191 cm³/mol. The summed E-state index contributed by atoms with van der Waals surface area (Å²) in [5.41, 5.74) is 2.23. The monoisotopic (exact) mass is 730 g/mol. The standard InChI is InChI=1S/C36H30N2O11S2/c1-10-7-12-16-17-19-22(21-18(16)23(27(40)30(12)47-4)25-13(29(21)46-3)8-51-34(38-25)36(44)45)32(49-6)33-26(37-14(9-50-33)35(42)43)24(19)28(41)31(48-5)20(17)15(10)11(2)39/h14,34,40-41H,7-9H2,1-6H3,(H,42,43)(H,44,45). The van der Waals surface area contributed by atoms with Crippen molar-refractivity contribution < 1.29 is 53.8 Å². The van der Waals surface area contributed by atoms with E-state index in [2.05, 4.69) is 9.98 Å². The number of fused-ring (bicyclic) bond motifs is 5. The number of Topliss-reactive ketones (excluding diaryl/α,β-unsaturated/α-hetero) is 1. The maximum absolute atomic E-state index is 13.7. The molecule has 2 aliphatic heterocycles. The van der Waals surface area contributed by atoms with Gasteiger partial charge in [-0.25, -0.2) is 9.59 Å². The minimum absolute atomic E-state index is 0.0218. The van der Waals surface area contributed by atoms with Crippen LogP contribution in [0.2, 0.25) is 0 Å². The number of benzene rings is 5.